The maximum Gasteiger partial charge on any atom is 0.316 e. The number of ether oxygens (including phenoxy) is 4. The van der Waals surface area contributed by atoms with Gasteiger partial charge in [-0.25, -0.2) is 0 Å². The lowest BCUT2D eigenvalue weighted by Gasteiger charge is -2.13. The van der Waals surface area contributed by atoms with Gasteiger partial charge in [0.15, 0.2) is 0 Å². The molecule has 35 heavy (non-hydrogen) atoms. The van der Waals surface area contributed by atoms with Gasteiger partial charge in [0, 0.05) is 24.6 Å². The molecular formula is C24H41BrO10. The summed E-state index contributed by atoms with van der Waals surface area (Å²) < 4.78 is 18.7. The zero-order valence-electron chi connectivity index (χ0n) is 21.8. The highest BCUT2D eigenvalue weighted by molar-refractivity contribution is 9.09. The van der Waals surface area contributed by atoms with Crippen LogP contribution in [0.4, 0.5) is 0 Å². The molecule has 1 unspecified atom stereocenters. The van der Waals surface area contributed by atoms with Gasteiger partial charge in [-0.2, -0.15) is 0 Å². The van der Waals surface area contributed by atoms with Gasteiger partial charge in [0.1, 0.15) is 23.9 Å². The second kappa shape index (κ2) is 26.3. The highest BCUT2D eigenvalue weighted by Gasteiger charge is 2.27. The molecule has 0 aromatic heterocycles. The van der Waals surface area contributed by atoms with E-state index in [2.05, 4.69) is 25.4 Å². The summed E-state index contributed by atoms with van der Waals surface area (Å²) >= 11 is 3.12. The minimum absolute atomic E-state index is 0.0586. The molecule has 0 fully saturated rings. The zero-order valence-corrected chi connectivity index (χ0v) is 23.4. The first-order valence-corrected chi connectivity index (χ1v) is 12.9. The Morgan fingerprint density at radius 3 is 1.49 bits per heavy atom. The molecule has 0 aliphatic heterocycles. The number of hydrogen-bond donors (Lipinski definition) is 0. The average molecular weight is 569 g/mol. The molecular weight excluding hydrogens is 528 g/mol. The molecule has 0 aromatic rings. The monoisotopic (exact) mass is 568 g/mol. The molecule has 0 aliphatic rings. The first-order chi connectivity index (χ1) is 16.6. The van der Waals surface area contributed by atoms with E-state index in [1.165, 1.54) is 0 Å². The SMILES string of the molecule is CCOC(=O)CC(=O)CC.CCOC(=O)CCBr.CCOC(=O)CCC(C(=O)CC)C(=O)OCC. The van der Waals surface area contributed by atoms with Crippen LogP contribution in [0.1, 0.15) is 80.1 Å². The molecule has 0 aromatic carbocycles. The van der Waals surface area contributed by atoms with Crippen LogP contribution >= 0.6 is 15.9 Å². The largest absolute Gasteiger partial charge is 0.466 e. The Labute approximate surface area is 216 Å². The van der Waals surface area contributed by atoms with Gasteiger partial charge in [0.2, 0.25) is 0 Å². The summed E-state index contributed by atoms with van der Waals surface area (Å²) in [5, 5.41) is 0.686. The van der Waals surface area contributed by atoms with Crippen LogP contribution in [0.2, 0.25) is 0 Å². The van der Waals surface area contributed by atoms with Gasteiger partial charge in [-0.15, -0.1) is 0 Å². The Kier molecular flexibility index (Phi) is 28.0. The smallest absolute Gasteiger partial charge is 0.316 e. The molecule has 0 aliphatic carbocycles. The number of rotatable bonds is 15. The van der Waals surface area contributed by atoms with Crippen molar-refractivity contribution in [3.05, 3.63) is 0 Å². The van der Waals surface area contributed by atoms with Gasteiger partial charge in [0.25, 0.3) is 0 Å². The Balaban J connectivity index is -0.000000483. The summed E-state index contributed by atoms with van der Waals surface area (Å²) in [7, 11) is 0. The molecule has 0 saturated heterocycles. The third-order valence-electron chi connectivity index (χ3n) is 3.90. The topological polar surface area (TPSA) is 139 Å². The Morgan fingerprint density at radius 2 is 1.09 bits per heavy atom. The summed E-state index contributed by atoms with van der Waals surface area (Å²) in [5.41, 5.74) is 0. The van der Waals surface area contributed by atoms with Crippen LogP contribution < -0.4 is 0 Å². The highest BCUT2D eigenvalue weighted by atomic mass is 79.9. The number of alkyl halides is 1. The van der Waals surface area contributed by atoms with Crippen molar-refractivity contribution >= 4 is 51.4 Å². The standard InChI is InChI=1S/C12H20O5.C7H12O3.C5H9BrO2/c1-4-10(13)9(12(15)17-6-3)7-8-11(14)16-5-2;1-3-6(8)5-7(9)10-4-2;1-2-8-5(7)3-4-6/h9H,4-8H2,1-3H3;3-5H2,1-2H3;2-4H2,1H3. The lowest BCUT2D eigenvalue weighted by atomic mass is 9.97. The van der Waals surface area contributed by atoms with Crippen molar-refractivity contribution in [2.75, 3.05) is 31.8 Å². The number of halogens is 1. The van der Waals surface area contributed by atoms with Crippen molar-refractivity contribution in [2.45, 2.75) is 80.1 Å². The van der Waals surface area contributed by atoms with E-state index in [1.807, 2.05) is 0 Å². The fourth-order valence-corrected chi connectivity index (χ4v) is 2.53. The molecule has 0 N–H and O–H groups in total. The van der Waals surface area contributed by atoms with E-state index in [-0.39, 0.29) is 49.8 Å². The van der Waals surface area contributed by atoms with Crippen molar-refractivity contribution in [1.29, 1.82) is 0 Å². The maximum absolute atomic E-state index is 11.5. The number of Topliss-reactive ketones (excluding diaryl/α,β-unsaturated/α-hetero) is 2. The van der Waals surface area contributed by atoms with Crippen molar-refractivity contribution in [1.82, 2.24) is 0 Å². The van der Waals surface area contributed by atoms with E-state index in [4.69, 9.17) is 9.47 Å². The average Bonchev–Trinajstić information content (AvgIpc) is 2.80. The molecule has 0 rings (SSSR count). The van der Waals surface area contributed by atoms with Crippen LogP contribution in [0.5, 0.6) is 0 Å². The van der Waals surface area contributed by atoms with Crippen LogP contribution in [0.15, 0.2) is 0 Å². The van der Waals surface area contributed by atoms with Crippen LogP contribution in [0, 0.1) is 5.92 Å². The van der Waals surface area contributed by atoms with Crippen LogP contribution in [-0.4, -0.2) is 67.2 Å². The van der Waals surface area contributed by atoms with E-state index in [0.717, 1.165) is 0 Å². The molecule has 11 heteroatoms. The molecule has 0 saturated carbocycles. The second-order valence-electron chi connectivity index (χ2n) is 6.59. The number of carbonyl (C=O) groups excluding carboxylic acids is 6. The van der Waals surface area contributed by atoms with E-state index in [1.54, 1.807) is 41.5 Å². The van der Waals surface area contributed by atoms with E-state index >= 15 is 0 Å². The third-order valence-corrected chi connectivity index (χ3v) is 4.29. The van der Waals surface area contributed by atoms with Gasteiger partial charge in [-0.3, -0.25) is 28.8 Å². The normalized spacial score (nSPS) is 10.3. The predicted octanol–water partition coefficient (Wildman–Crippen LogP) is 3.74. The van der Waals surface area contributed by atoms with E-state index in [0.29, 0.717) is 38.0 Å². The lowest BCUT2D eigenvalue weighted by Crippen LogP contribution is -2.26. The molecule has 0 spiro atoms. The fourth-order valence-electron chi connectivity index (χ4n) is 2.20. The number of carbonyl (C=O) groups is 6. The second-order valence-corrected chi connectivity index (χ2v) is 7.38. The van der Waals surface area contributed by atoms with Gasteiger partial charge in [0.05, 0.1) is 32.8 Å². The van der Waals surface area contributed by atoms with Gasteiger partial charge in [-0.1, -0.05) is 29.8 Å². The molecule has 10 nitrogen and oxygen atoms in total. The maximum atomic E-state index is 11.5. The quantitative estimate of drug-likeness (QED) is 0.124. The highest BCUT2D eigenvalue weighted by Crippen LogP contribution is 2.13. The molecule has 1 atom stereocenters. The van der Waals surface area contributed by atoms with Crippen molar-refractivity contribution in [3.8, 4) is 0 Å². The van der Waals surface area contributed by atoms with E-state index in [9.17, 15) is 28.8 Å². The number of hydrogen-bond acceptors (Lipinski definition) is 10. The zero-order chi connectivity index (χ0) is 27.6. The fraction of sp³-hybridized carbons (Fsp3) is 0.750. The third kappa shape index (κ3) is 24.6. The molecule has 204 valence electrons. The van der Waals surface area contributed by atoms with Crippen molar-refractivity contribution in [3.63, 3.8) is 0 Å². The molecule has 0 radical (unpaired) electrons. The lowest BCUT2D eigenvalue weighted by molar-refractivity contribution is -0.153. The predicted molar refractivity (Wildman–Crippen MR) is 133 cm³/mol. The number of esters is 4. The van der Waals surface area contributed by atoms with Crippen LogP contribution in [0.25, 0.3) is 0 Å². The molecule has 0 heterocycles. The van der Waals surface area contributed by atoms with Gasteiger partial charge < -0.3 is 18.9 Å². The summed E-state index contributed by atoms with van der Waals surface area (Å²) in [6.45, 7) is 11.6. The summed E-state index contributed by atoms with van der Waals surface area (Å²) in [6, 6.07) is 0. The first kappa shape index (κ1) is 37.3. The Hall–Kier alpha value is -2.30. The van der Waals surface area contributed by atoms with Gasteiger partial charge in [-0.05, 0) is 34.1 Å². The first-order valence-electron chi connectivity index (χ1n) is 11.8. The minimum atomic E-state index is -0.843. The van der Waals surface area contributed by atoms with Crippen molar-refractivity contribution in [2.24, 2.45) is 5.92 Å². The summed E-state index contributed by atoms with van der Waals surface area (Å²) in [4.78, 5) is 65.8. The van der Waals surface area contributed by atoms with Crippen molar-refractivity contribution < 1.29 is 47.7 Å². The minimum Gasteiger partial charge on any atom is -0.466 e. The number of ketones is 2. The van der Waals surface area contributed by atoms with Crippen LogP contribution in [0.3, 0.4) is 0 Å². The Bertz CT molecular complexity index is 626. The summed E-state index contributed by atoms with van der Waals surface area (Å²) in [6.07, 6.45) is 1.26. The summed E-state index contributed by atoms with van der Waals surface area (Å²) in [5.74, 6) is -2.62. The Morgan fingerprint density at radius 1 is 0.629 bits per heavy atom. The van der Waals surface area contributed by atoms with E-state index < -0.39 is 23.8 Å². The van der Waals surface area contributed by atoms with Crippen LogP contribution in [-0.2, 0) is 47.7 Å². The molecule has 0 bridgehead atoms. The van der Waals surface area contributed by atoms with Gasteiger partial charge >= 0.3 is 23.9 Å². The molecule has 0 amide bonds.